The number of nitrogens with zero attached hydrogens (tertiary/aromatic N) is 4. The van der Waals surface area contributed by atoms with Crippen LogP contribution in [0.5, 0.6) is 0 Å². The first-order valence-electron chi connectivity index (χ1n) is 16.0. The number of benzene rings is 1. The highest BCUT2D eigenvalue weighted by Crippen LogP contribution is 2.38. The third kappa shape index (κ3) is 9.62. The molecule has 0 bridgehead atoms. The molecule has 2 aromatic heterocycles. The van der Waals surface area contributed by atoms with Crippen molar-refractivity contribution >= 4 is 86.6 Å². The van der Waals surface area contributed by atoms with Gasteiger partial charge in [0, 0.05) is 43.4 Å². The lowest BCUT2D eigenvalue weighted by Gasteiger charge is -2.41. The van der Waals surface area contributed by atoms with Crippen LogP contribution in [-0.4, -0.2) is 86.0 Å². The van der Waals surface area contributed by atoms with Crippen molar-refractivity contribution in [1.82, 2.24) is 13.6 Å². The van der Waals surface area contributed by atoms with Crippen LogP contribution in [0.3, 0.4) is 0 Å². The van der Waals surface area contributed by atoms with E-state index in [4.69, 9.17) is 11.6 Å². The lowest BCUT2D eigenvalue weighted by atomic mass is 9.87. The van der Waals surface area contributed by atoms with E-state index in [1.807, 2.05) is 11.0 Å². The molecule has 5 rings (SSSR count). The number of thiophene rings is 1. The molecule has 2 fully saturated rings. The van der Waals surface area contributed by atoms with Crippen molar-refractivity contribution in [2.75, 3.05) is 44.2 Å². The van der Waals surface area contributed by atoms with Crippen LogP contribution < -0.4 is 4.90 Å². The van der Waals surface area contributed by atoms with E-state index in [1.54, 1.807) is 24.4 Å². The second-order valence-corrected chi connectivity index (χ2v) is 20.1. The first kappa shape index (κ1) is 38.6. The Balaban J connectivity index is 1.26. The zero-order valence-electron chi connectivity index (χ0n) is 26.6. The van der Waals surface area contributed by atoms with Crippen LogP contribution in [0.4, 0.5) is 10.2 Å². The molecule has 2 saturated heterocycles. The Morgan fingerprint density at radius 1 is 1.04 bits per heavy atom. The van der Waals surface area contributed by atoms with Gasteiger partial charge in [0.2, 0.25) is 10.0 Å². The normalized spacial score (nSPS) is 19.8. The number of aliphatic carboxylic acids is 1. The Kier molecular flexibility index (Phi) is 13.2. The van der Waals surface area contributed by atoms with Gasteiger partial charge in [-0.1, -0.05) is 36.6 Å². The molecule has 2 unspecified atom stereocenters. The van der Waals surface area contributed by atoms with Gasteiger partial charge in [-0.05, 0) is 112 Å². The maximum Gasteiger partial charge on any atom is 0.318 e. The predicted molar refractivity (Wildman–Crippen MR) is 197 cm³/mol. The van der Waals surface area contributed by atoms with Gasteiger partial charge in [-0.15, -0.1) is 11.3 Å². The Morgan fingerprint density at radius 3 is 2.39 bits per heavy atom. The van der Waals surface area contributed by atoms with Crippen LogP contribution in [0.15, 0.2) is 61.8 Å². The van der Waals surface area contributed by atoms with Crippen LogP contribution in [0, 0.1) is 17.7 Å². The van der Waals surface area contributed by atoms with Crippen molar-refractivity contribution in [3.05, 3.63) is 73.3 Å². The SMILES string of the molecule is O=C(O)CN(CCc1ccc(F)cc1)S(=O)(=O)C1CN(c2ncccc2Br)CCC1CCCC1CCN(S(=O)(=O)c2cc(Br)c(Cl)s2)CC1. The zero-order chi connectivity index (χ0) is 35.3. The van der Waals surface area contributed by atoms with Crippen molar-refractivity contribution in [3.63, 3.8) is 0 Å². The minimum absolute atomic E-state index is 0.0487. The quantitative estimate of drug-likeness (QED) is 0.186. The number of sulfonamides is 2. The molecule has 0 radical (unpaired) electrons. The lowest BCUT2D eigenvalue weighted by molar-refractivity contribution is -0.137. The fourth-order valence-corrected chi connectivity index (χ4v) is 13.2. The topological polar surface area (TPSA) is 128 Å². The van der Waals surface area contributed by atoms with E-state index in [0.29, 0.717) is 71.4 Å². The highest BCUT2D eigenvalue weighted by molar-refractivity contribution is 9.11. The molecule has 1 aromatic carbocycles. The van der Waals surface area contributed by atoms with Gasteiger partial charge in [0.05, 0.1) is 9.72 Å². The smallest absolute Gasteiger partial charge is 0.318 e. The third-order valence-electron chi connectivity index (χ3n) is 9.33. The van der Waals surface area contributed by atoms with Crippen molar-refractivity contribution < 1.29 is 31.1 Å². The standard InChI is InChI=1S/C32H38Br2ClFN4O6S3/c33-26-5-2-14-37-32(26)38-15-13-24(4-1-3-22-10-16-39(17-11-22)49(45,46)30-19-27(34)31(35)47-30)28(20-38)48(43,44)40(21-29(41)42)18-12-23-6-8-25(36)9-7-23/h2,5-9,14,19,22,24,28H,1,3-4,10-13,15-18,20-21H2,(H,41,42). The predicted octanol–water partition coefficient (Wildman–Crippen LogP) is 6.89. The summed E-state index contributed by atoms with van der Waals surface area (Å²) in [6, 6.07) is 10.9. The minimum Gasteiger partial charge on any atom is -0.480 e. The molecule has 49 heavy (non-hydrogen) atoms. The summed E-state index contributed by atoms with van der Waals surface area (Å²) in [6.07, 6.45) is 6.15. The van der Waals surface area contributed by atoms with Crippen molar-refractivity contribution in [2.45, 2.75) is 54.4 Å². The number of piperidine rings is 2. The molecule has 2 aliphatic rings. The number of pyridine rings is 1. The Morgan fingerprint density at radius 2 is 1.76 bits per heavy atom. The van der Waals surface area contributed by atoms with Gasteiger partial charge in [0.15, 0.2) is 0 Å². The fraction of sp³-hybridized carbons (Fsp3) is 0.500. The molecule has 3 aromatic rings. The number of rotatable bonds is 14. The van der Waals surface area contributed by atoms with Crippen molar-refractivity contribution in [2.24, 2.45) is 11.8 Å². The first-order valence-corrected chi connectivity index (χ1v) is 21.7. The molecule has 1 N–H and O–H groups in total. The van der Waals surface area contributed by atoms with Gasteiger partial charge >= 0.3 is 5.97 Å². The third-order valence-corrected chi connectivity index (χ3v) is 17.1. The number of anilines is 1. The maximum absolute atomic E-state index is 14.4. The largest absolute Gasteiger partial charge is 0.480 e. The summed E-state index contributed by atoms with van der Waals surface area (Å²) in [5.74, 6) is -0.923. The molecule has 10 nitrogen and oxygen atoms in total. The van der Waals surface area contributed by atoms with Gasteiger partial charge < -0.3 is 10.0 Å². The number of carbonyl (C=O) groups is 1. The molecular weight excluding hydrogens is 847 g/mol. The van der Waals surface area contributed by atoms with E-state index in [9.17, 15) is 31.1 Å². The van der Waals surface area contributed by atoms with Gasteiger partial charge in [-0.3, -0.25) is 4.79 Å². The van der Waals surface area contributed by atoms with Gasteiger partial charge in [0.1, 0.15) is 26.7 Å². The molecule has 268 valence electrons. The Labute approximate surface area is 313 Å². The Hall–Kier alpha value is -1.66. The number of halogens is 4. The summed E-state index contributed by atoms with van der Waals surface area (Å²) in [6.45, 7) is 0.858. The van der Waals surface area contributed by atoms with Crippen LogP contribution in [0.2, 0.25) is 4.34 Å². The number of hydrogen-bond donors (Lipinski definition) is 1. The molecule has 0 spiro atoms. The molecule has 2 aliphatic heterocycles. The summed E-state index contributed by atoms with van der Waals surface area (Å²) in [5.41, 5.74) is 0.706. The average molecular weight is 885 g/mol. The molecule has 17 heteroatoms. The lowest BCUT2D eigenvalue weighted by Crippen LogP contribution is -2.53. The van der Waals surface area contributed by atoms with E-state index in [2.05, 4.69) is 36.8 Å². The van der Waals surface area contributed by atoms with Crippen LogP contribution in [0.25, 0.3) is 0 Å². The van der Waals surface area contributed by atoms with Crippen LogP contribution in [0.1, 0.15) is 44.1 Å². The van der Waals surface area contributed by atoms with Gasteiger partial charge in [0.25, 0.3) is 10.0 Å². The fourth-order valence-electron chi connectivity index (χ4n) is 6.67. The van der Waals surface area contributed by atoms with E-state index in [-0.39, 0.29) is 29.6 Å². The average Bonchev–Trinajstić information content (AvgIpc) is 3.42. The van der Waals surface area contributed by atoms with E-state index in [1.165, 1.54) is 22.5 Å². The molecule has 0 amide bonds. The van der Waals surface area contributed by atoms with E-state index < -0.39 is 43.6 Å². The minimum atomic E-state index is -4.10. The summed E-state index contributed by atoms with van der Waals surface area (Å²) in [7, 11) is -7.73. The van der Waals surface area contributed by atoms with Gasteiger partial charge in [-0.2, -0.15) is 8.61 Å². The summed E-state index contributed by atoms with van der Waals surface area (Å²) in [4.78, 5) is 18.3. The maximum atomic E-state index is 14.4. The molecular formula is C32H38Br2ClFN4O6S3. The van der Waals surface area contributed by atoms with Crippen LogP contribution >= 0.6 is 54.8 Å². The van der Waals surface area contributed by atoms with Gasteiger partial charge in [-0.25, -0.2) is 26.2 Å². The first-order chi connectivity index (χ1) is 23.3. The van der Waals surface area contributed by atoms with E-state index >= 15 is 0 Å². The summed E-state index contributed by atoms with van der Waals surface area (Å²) >= 11 is 13.9. The summed E-state index contributed by atoms with van der Waals surface area (Å²) < 4.78 is 73.0. The molecule has 0 saturated carbocycles. The molecule has 0 aliphatic carbocycles. The Bertz CT molecular complexity index is 1810. The number of aromatic nitrogens is 1. The highest BCUT2D eigenvalue weighted by Gasteiger charge is 2.42. The van der Waals surface area contributed by atoms with Crippen molar-refractivity contribution in [1.29, 1.82) is 0 Å². The van der Waals surface area contributed by atoms with Crippen LogP contribution in [-0.2, 0) is 31.3 Å². The number of carboxylic acids is 1. The highest BCUT2D eigenvalue weighted by atomic mass is 79.9. The van der Waals surface area contributed by atoms with Crippen molar-refractivity contribution in [3.8, 4) is 0 Å². The number of hydrogen-bond acceptors (Lipinski definition) is 8. The second kappa shape index (κ2) is 16.8. The second-order valence-electron chi connectivity index (χ2n) is 12.5. The summed E-state index contributed by atoms with van der Waals surface area (Å²) in [5, 5.41) is 8.84. The van der Waals surface area contributed by atoms with E-state index in [0.717, 1.165) is 33.0 Å². The number of carboxylic acid groups (broad SMARTS) is 1. The molecule has 4 heterocycles. The zero-order valence-corrected chi connectivity index (χ0v) is 32.9. The monoisotopic (exact) mass is 882 g/mol. The molecule has 2 atom stereocenters.